The third kappa shape index (κ3) is 5.21. The van der Waals surface area contributed by atoms with E-state index in [0.29, 0.717) is 19.6 Å². The second-order valence-corrected chi connectivity index (χ2v) is 7.54. The number of ether oxygens (including phenoxy) is 1. The fraction of sp³-hybridized carbons (Fsp3) is 0.600. The largest absolute Gasteiger partial charge is 0.375 e. The van der Waals surface area contributed by atoms with Crippen molar-refractivity contribution < 1.29 is 14.3 Å². The van der Waals surface area contributed by atoms with Gasteiger partial charge in [-0.1, -0.05) is 43.2 Å². The summed E-state index contributed by atoms with van der Waals surface area (Å²) >= 11 is 0. The fourth-order valence-corrected chi connectivity index (χ4v) is 3.74. The zero-order chi connectivity index (χ0) is 18.4. The minimum absolute atomic E-state index is 0.0305. The lowest BCUT2D eigenvalue weighted by Crippen LogP contribution is -2.58. The van der Waals surface area contributed by atoms with Gasteiger partial charge >= 0.3 is 6.03 Å². The molecule has 6 heteroatoms. The van der Waals surface area contributed by atoms with Crippen molar-refractivity contribution in [3.8, 4) is 0 Å². The van der Waals surface area contributed by atoms with Gasteiger partial charge in [0.05, 0.1) is 0 Å². The Morgan fingerprint density at radius 3 is 2.50 bits per heavy atom. The van der Waals surface area contributed by atoms with Crippen molar-refractivity contribution in [2.45, 2.75) is 44.2 Å². The van der Waals surface area contributed by atoms with Crippen molar-refractivity contribution in [1.29, 1.82) is 0 Å². The molecule has 2 fully saturated rings. The standard InChI is InChI=1S/C20H29N3O3/c1-26-15-18(24)22-20(13-16-7-8-16)9-11-23(12-10-20)19(25)21-14-17-5-3-2-4-6-17/h2-6,16H,7-15H2,1H3,(H,21,25)(H,22,24). The predicted molar refractivity (Wildman–Crippen MR) is 99.6 cm³/mol. The number of amides is 3. The highest BCUT2D eigenvalue weighted by molar-refractivity contribution is 5.78. The number of urea groups is 1. The molecule has 1 aliphatic carbocycles. The molecular weight excluding hydrogens is 330 g/mol. The molecule has 0 spiro atoms. The molecule has 0 atom stereocenters. The van der Waals surface area contributed by atoms with E-state index in [1.165, 1.54) is 20.0 Å². The van der Waals surface area contributed by atoms with Gasteiger partial charge in [0.2, 0.25) is 5.91 Å². The average Bonchev–Trinajstić information content (AvgIpc) is 3.45. The van der Waals surface area contributed by atoms with E-state index in [4.69, 9.17) is 4.74 Å². The van der Waals surface area contributed by atoms with Crippen LogP contribution in [0.15, 0.2) is 30.3 Å². The molecule has 142 valence electrons. The first-order valence-corrected chi connectivity index (χ1v) is 9.47. The maximum atomic E-state index is 12.4. The maximum absolute atomic E-state index is 12.4. The average molecular weight is 359 g/mol. The highest BCUT2D eigenvalue weighted by Crippen LogP contribution is 2.40. The first kappa shape index (κ1) is 18.7. The Labute approximate surface area is 155 Å². The second-order valence-electron chi connectivity index (χ2n) is 7.54. The van der Waals surface area contributed by atoms with E-state index in [2.05, 4.69) is 10.6 Å². The van der Waals surface area contributed by atoms with Crippen LogP contribution in [0.2, 0.25) is 0 Å². The summed E-state index contributed by atoms with van der Waals surface area (Å²) in [6, 6.07) is 9.88. The van der Waals surface area contributed by atoms with Crippen molar-refractivity contribution in [3.63, 3.8) is 0 Å². The minimum Gasteiger partial charge on any atom is -0.375 e. The number of nitrogens with one attached hydrogen (secondary N) is 2. The first-order chi connectivity index (χ1) is 12.6. The van der Waals surface area contributed by atoms with Crippen molar-refractivity contribution in [1.82, 2.24) is 15.5 Å². The maximum Gasteiger partial charge on any atom is 0.317 e. The van der Waals surface area contributed by atoms with Crippen LogP contribution in [0.1, 0.15) is 37.7 Å². The van der Waals surface area contributed by atoms with E-state index in [-0.39, 0.29) is 24.1 Å². The molecule has 1 heterocycles. The van der Waals surface area contributed by atoms with Gasteiger partial charge in [-0.2, -0.15) is 0 Å². The third-order valence-electron chi connectivity index (χ3n) is 5.35. The molecule has 2 N–H and O–H groups in total. The highest BCUT2D eigenvalue weighted by Gasteiger charge is 2.41. The monoisotopic (exact) mass is 359 g/mol. The number of rotatable bonds is 7. The Morgan fingerprint density at radius 1 is 1.19 bits per heavy atom. The zero-order valence-corrected chi connectivity index (χ0v) is 15.5. The molecule has 3 rings (SSSR count). The molecule has 2 aliphatic rings. The Kier molecular flexibility index (Phi) is 6.14. The molecule has 0 unspecified atom stereocenters. The lowest BCUT2D eigenvalue weighted by molar-refractivity contribution is -0.127. The summed E-state index contributed by atoms with van der Waals surface area (Å²) in [7, 11) is 1.53. The molecule has 1 aromatic rings. The summed E-state index contributed by atoms with van der Waals surface area (Å²) in [4.78, 5) is 26.4. The summed E-state index contributed by atoms with van der Waals surface area (Å²) < 4.78 is 4.96. The lowest BCUT2D eigenvalue weighted by atomic mass is 9.82. The summed E-state index contributed by atoms with van der Waals surface area (Å²) in [5, 5.41) is 6.19. The van der Waals surface area contributed by atoms with Crippen LogP contribution in [0.25, 0.3) is 0 Å². The Hall–Kier alpha value is -2.08. The van der Waals surface area contributed by atoms with Gasteiger partial charge in [0.1, 0.15) is 6.61 Å². The van der Waals surface area contributed by atoms with Crippen LogP contribution >= 0.6 is 0 Å². The van der Waals surface area contributed by atoms with Gasteiger partial charge < -0.3 is 20.3 Å². The van der Waals surface area contributed by atoms with Crippen LogP contribution in [0.5, 0.6) is 0 Å². The molecule has 1 saturated heterocycles. The molecule has 6 nitrogen and oxygen atoms in total. The third-order valence-corrected chi connectivity index (χ3v) is 5.35. The minimum atomic E-state index is -0.188. The normalized spacial score (nSPS) is 19.0. The summed E-state index contributed by atoms with van der Waals surface area (Å²) in [6.45, 7) is 1.96. The number of methoxy groups -OCH3 is 1. The Bertz CT molecular complexity index is 608. The number of carbonyl (C=O) groups is 2. The molecule has 0 aromatic heterocycles. The van der Waals surface area contributed by atoms with Crippen LogP contribution < -0.4 is 10.6 Å². The topological polar surface area (TPSA) is 70.7 Å². The molecule has 1 saturated carbocycles. The summed E-state index contributed by atoms with van der Waals surface area (Å²) in [5.74, 6) is 0.659. The van der Waals surface area contributed by atoms with Crippen molar-refractivity contribution in [2.75, 3.05) is 26.8 Å². The fourth-order valence-electron chi connectivity index (χ4n) is 3.74. The predicted octanol–water partition coefficient (Wildman–Crippen LogP) is 2.29. The van der Waals surface area contributed by atoms with Gasteiger partial charge in [-0.3, -0.25) is 4.79 Å². The van der Waals surface area contributed by atoms with E-state index in [0.717, 1.165) is 30.7 Å². The number of piperidine rings is 1. The first-order valence-electron chi connectivity index (χ1n) is 9.47. The van der Waals surface area contributed by atoms with Crippen molar-refractivity contribution in [2.24, 2.45) is 5.92 Å². The number of hydrogen-bond acceptors (Lipinski definition) is 3. The summed E-state index contributed by atoms with van der Waals surface area (Å²) in [6.07, 6.45) is 5.13. The molecule has 3 amide bonds. The molecule has 0 radical (unpaired) electrons. The van der Waals surface area contributed by atoms with Crippen LogP contribution in [0, 0.1) is 5.92 Å². The van der Waals surface area contributed by atoms with Crippen LogP contribution in [-0.4, -0.2) is 49.2 Å². The molecule has 1 aromatic carbocycles. The summed E-state index contributed by atoms with van der Waals surface area (Å²) in [5.41, 5.74) is 0.903. The molecule has 1 aliphatic heterocycles. The van der Waals surface area contributed by atoms with Gasteiger partial charge in [0.25, 0.3) is 0 Å². The lowest BCUT2D eigenvalue weighted by Gasteiger charge is -2.42. The zero-order valence-electron chi connectivity index (χ0n) is 15.5. The van der Waals surface area contributed by atoms with Gasteiger partial charge in [-0.05, 0) is 30.7 Å². The van der Waals surface area contributed by atoms with Crippen molar-refractivity contribution in [3.05, 3.63) is 35.9 Å². The quantitative estimate of drug-likeness (QED) is 0.785. The highest BCUT2D eigenvalue weighted by atomic mass is 16.5. The van der Waals surface area contributed by atoms with Gasteiger partial charge in [0.15, 0.2) is 0 Å². The Balaban J connectivity index is 1.51. The van der Waals surface area contributed by atoms with E-state index >= 15 is 0 Å². The molecular formula is C20H29N3O3. The number of benzene rings is 1. The van der Waals surface area contributed by atoms with Gasteiger partial charge in [0, 0.05) is 32.3 Å². The van der Waals surface area contributed by atoms with E-state index in [9.17, 15) is 9.59 Å². The van der Waals surface area contributed by atoms with Gasteiger partial charge in [-0.25, -0.2) is 4.79 Å². The van der Waals surface area contributed by atoms with E-state index in [1.807, 2.05) is 35.2 Å². The number of nitrogens with zero attached hydrogens (tertiary/aromatic N) is 1. The molecule has 26 heavy (non-hydrogen) atoms. The van der Waals surface area contributed by atoms with Gasteiger partial charge in [-0.15, -0.1) is 0 Å². The van der Waals surface area contributed by atoms with E-state index in [1.54, 1.807) is 0 Å². The number of hydrogen-bond donors (Lipinski definition) is 2. The van der Waals surface area contributed by atoms with Crippen LogP contribution in [0.3, 0.4) is 0 Å². The second kappa shape index (κ2) is 8.54. The SMILES string of the molecule is COCC(=O)NC1(CC2CC2)CCN(C(=O)NCc2ccccc2)CC1. The number of likely N-dealkylation sites (tertiary alicyclic amines) is 1. The number of carbonyl (C=O) groups excluding carboxylic acids is 2. The molecule has 0 bridgehead atoms. The van der Waals surface area contributed by atoms with Crippen molar-refractivity contribution >= 4 is 11.9 Å². The van der Waals surface area contributed by atoms with Crippen LogP contribution in [0.4, 0.5) is 4.79 Å². The Morgan fingerprint density at radius 2 is 1.88 bits per heavy atom. The smallest absolute Gasteiger partial charge is 0.317 e. The van der Waals surface area contributed by atoms with E-state index < -0.39 is 0 Å². The van der Waals surface area contributed by atoms with Crippen LogP contribution in [-0.2, 0) is 16.1 Å².